The number of amides is 6. The minimum Gasteiger partial charge on any atom is -0.444 e. The molecule has 0 radical (unpaired) electrons. The number of halogens is 1. The van der Waals surface area contributed by atoms with E-state index in [4.69, 9.17) is 35.3 Å². The first-order chi connectivity index (χ1) is 37.4. The van der Waals surface area contributed by atoms with Crippen LogP contribution in [0.1, 0.15) is 116 Å². The number of fused-ring (bicyclic) bond motifs is 5. The number of alkyl carbamates (subject to hydrolysis) is 1. The van der Waals surface area contributed by atoms with Crippen molar-refractivity contribution >= 4 is 59.5 Å². The van der Waals surface area contributed by atoms with Gasteiger partial charge in [-0.15, -0.1) is 0 Å². The Bertz CT molecular complexity index is 2880. The normalized spacial score (nSPS) is 16.4. The molecule has 5 atom stereocenters. The molecule has 80 heavy (non-hydrogen) atoms. The van der Waals surface area contributed by atoms with Crippen molar-refractivity contribution in [1.82, 2.24) is 31.5 Å². The fourth-order valence-electron chi connectivity index (χ4n) is 8.11. The summed E-state index contributed by atoms with van der Waals surface area (Å²) in [6, 6.07) is 16.7. The van der Waals surface area contributed by atoms with E-state index in [0.717, 1.165) is 16.0 Å². The van der Waals surface area contributed by atoms with E-state index < -0.39 is 102 Å². The van der Waals surface area contributed by atoms with Crippen LogP contribution < -0.4 is 36.1 Å². The summed E-state index contributed by atoms with van der Waals surface area (Å²) in [5, 5.41) is 33.4. The van der Waals surface area contributed by atoms with Gasteiger partial charge in [-0.2, -0.15) is 0 Å². The van der Waals surface area contributed by atoms with Crippen LogP contribution in [0, 0.1) is 0 Å². The monoisotopic (exact) mass is 1130 g/mol. The van der Waals surface area contributed by atoms with E-state index >= 15 is 9.59 Å². The number of carbonyl (C=O) groups excluding carboxylic acids is 8. The van der Waals surface area contributed by atoms with E-state index in [1.54, 1.807) is 98.7 Å². The van der Waals surface area contributed by atoms with Crippen molar-refractivity contribution in [1.29, 1.82) is 0 Å². The van der Waals surface area contributed by atoms with Gasteiger partial charge in [-0.1, -0.05) is 48.0 Å². The van der Waals surface area contributed by atoms with E-state index in [9.17, 15) is 39.0 Å². The topological polar surface area (TPSA) is 287 Å². The molecule has 4 bridgehead atoms. The first-order valence-corrected chi connectivity index (χ1v) is 26.4. The van der Waals surface area contributed by atoms with E-state index in [-0.39, 0.29) is 66.1 Å². The number of hydrogen-bond acceptors (Lipinski definition) is 15. The summed E-state index contributed by atoms with van der Waals surface area (Å²) in [7, 11) is 1.33. The van der Waals surface area contributed by atoms with Gasteiger partial charge in [0.25, 0.3) is 5.91 Å². The standard InChI is InChI=1S/C58H73ClN6O15/c1-33-48(68)64-44(50(70)61-31-40(67)32-66)29-34-15-25-45(76-54(74)79-57(5,6)7)41(28-34)42-30-38(22-26-46(42)77-55(75)80-58(8,9)10)47(51(71)62-33)65(11)52(72)43(14-12-13-27-60-53(73)78-56(2,3)4)63-49(69)37-18-16-35(17-19-37)36-20-23-39(59)24-21-36/h15-26,28,30,33,40,43-44,47,66-67H,12-14,27,29,31-32H2,1-11H3,(H,60,73)(H,61,70)(H,62,71)(H,63,69)(H,64,68). The molecule has 0 fully saturated rings. The van der Waals surface area contributed by atoms with Crippen molar-refractivity contribution in [3.8, 4) is 33.8 Å². The Morgan fingerprint density at radius 1 is 0.713 bits per heavy atom. The fraction of sp³-hybridized carbons (Fsp3) is 0.448. The summed E-state index contributed by atoms with van der Waals surface area (Å²) in [5.41, 5.74) is -0.454. The van der Waals surface area contributed by atoms with Crippen LogP contribution in [0.5, 0.6) is 11.5 Å². The second-order valence-corrected chi connectivity index (χ2v) is 22.6. The predicted octanol–water partition coefficient (Wildman–Crippen LogP) is 7.31. The van der Waals surface area contributed by atoms with Crippen LogP contribution in [0.4, 0.5) is 14.4 Å². The number of carbonyl (C=O) groups is 8. The predicted molar refractivity (Wildman–Crippen MR) is 297 cm³/mol. The summed E-state index contributed by atoms with van der Waals surface area (Å²) in [5.74, 6) is -4.23. The molecule has 432 valence electrons. The second kappa shape index (κ2) is 27.4. The summed E-state index contributed by atoms with van der Waals surface area (Å²) >= 11 is 6.11. The number of benzene rings is 4. The van der Waals surface area contributed by atoms with Crippen LogP contribution in [0.25, 0.3) is 22.3 Å². The number of aliphatic hydroxyl groups is 2. The molecule has 0 spiro atoms. The number of unbranched alkanes of at least 4 members (excludes halogenated alkanes) is 1. The molecule has 1 aliphatic rings. The van der Waals surface area contributed by atoms with E-state index in [1.807, 2.05) is 12.1 Å². The molecule has 1 heterocycles. The zero-order valence-electron chi connectivity index (χ0n) is 46.9. The Morgan fingerprint density at radius 3 is 1.82 bits per heavy atom. The Labute approximate surface area is 470 Å². The average molecular weight is 1130 g/mol. The highest BCUT2D eigenvalue weighted by Gasteiger charge is 2.37. The van der Waals surface area contributed by atoms with Gasteiger partial charge in [0, 0.05) is 48.3 Å². The largest absolute Gasteiger partial charge is 0.514 e. The zero-order valence-corrected chi connectivity index (χ0v) is 47.7. The highest BCUT2D eigenvalue weighted by Crippen LogP contribution is 2.41. The third-order valence-electron chi connectivity index (χ3n) is 11.9. The Balaban J connectivity index is 1.65. The third kappa shape index (κ3) is 19.3. The minimum absolute atomic E-state index is 0.00573. The maximum Gasteiger partial charge on any atom is 0.514 e. The summed E-state index contributed by atoms with van der Waals surface area (Å²) in [6.45, 7) is 15.4. The highest BCUT2D eigenvalue weighted by atomic mass is 35.5. The van der Waals surface area contributed by atoms with Crippen molar-refractivity contribution < 1.29 is 72.3 Å². The van der Waals surface area contributed by atoms with Gasteiger partial charge in [0.2, 0.25) is 23.6 Å². The summed E-state index contributed by atoms with van der Waals surface area (Å²) in [6.07, 6.45) is -3.85. The number of nitrogens with one attached hydrogen (secondary N) is 5. The van der Waals surface area contributed by atoms with Gasteiger partial charge >= 0.3 is 18.4 Å². The van der Waals surface area contributed by atoms with Crippen LogP contribution in [-0.4, -0.2) is 131 Å². The number of hydrogen-bond donors (Lipinski definition) is 7. The van der Waals surface area contributed by atoms with E-state index in [0.29, 0.717) is 17.0 Å². The Morgan fingerprint density at radius 2 is 1.26 bits per heavy atom. The van der Waals surface area contributed by atoms with Crippen molar-refractivity contribution in [2.45, 2.75) is 142 Å². The zero-order chi connectivity index (χ0) is 59.3. The summed E-state index contributed by atoms with van der Waals surface area (Å²) in [4.78, 5) is 113. The number of likely N-dealkylation sites (N-methyl/N-ethyl adjacent to an activating group) is 1. The minimum atomic E-state index is -1.64. The van der Waals surface area contributed by atoms with Crippen LogP contribution in [0.2, 0.25) is 5.02 Å². The first-order valence-electron chi connectivity index (χ1n) is 26.1. The highest BCUT2D eigenvalue weighted by molar-refractivity contribution is 6.30. The molecule has 0 aromatic heterocycles. The number of aliphatic hydroxyl groups excluding tert-OH is 2. The van der Waals surface area contributed by atoms with E-state index in [1.165, 1.54) is 50.4 Å². The van der Waals surface area contributed by atoms with Crippen molar-refractivity contribution in [3.05, 3.63) is 107 Å². The van der Waals surface area contributed by atoms with Gasteiger partial charge < -0.3 is 65.4 Å². The van der Waals surface area contributed by atoms with Crippen molar-refractivity contribution in [3.63, 3.8) is 0 Å². The number of nitrogens with zero attached hydrogens (tertiary/aromatic N) is 1. The van der Waals surface area contributed by atoms with Gasteiger partial charge in [0.05, 0.1) is 12.7 Å². The van der Waals surface area contributed by atoms with Gasteiger partial charge in [0.1, 0.15) is 52.5 Å². The lowest BCUT2D eigenvalue weighted by Gasteiger charge is -2.33. The smallest absolute Gasteiger partial charge is 0.444 e. The molecule has 0 saturated carbocycles. The van der Waals surface area contributed by atoms with Crippen LogP contribution in [0.3, 0.4) is 0 Å². The Kier molecular flexibility index (Phi) is 21.6. The quantitative estimate of drug-likeness (QED) is 0.0251. The molecule has 0 saturated heterocycles. The van der Waals surface area contributed by atoms with Crippen molar-refractivity contribution in [2.24, 2.45) is 0 Å². The Hall–Kier alpha value is -7.75. The first kappa shape index (κ1) is 63.1. The molecule has 21 nitrogen and oxygen atoms in total. The molecule has 5 unspecified atom stereocenters. The van der Waals surface area contributed by atoms with Crippen LogP contribution >= 0.6 is 11.6 Å². The third-order valence-corrected chi connectivity index (χ3v) is 12.1. The molecule has 4 aromatic carbocycles. The molecular weight excluding hydrogens is 1060 g/mol. The van der Waals surface area contributed by atoms with Gasteiger partial charge in [-0.3, -0.25) is 24.0 Å². The molecule has 5 rings (SSSR count). The average Bonchev–Trinajstić information content (AvgIpc) is 3.36. The maximum absolute atomic E-state index is 15.2. The summed E-state index contributed by atoms with van der Waals surface area (Å²) < 4.78 is 28.0. The molecule has 1 aliphatic heterocycles. The van der Waals surface area contributed by atoms with Gasteiger partial charge in [-0.25, -0.2) is 14.4 Å². The lowest BCUT2D eigenvalue weighted by Crippen LogP contribution is -2.56. The number of ether oxygens (including phenoxy) is 5. The lowest BCUT2D eigenvalue weighted by atomic mass is 9.93. The molecular formula is C58H73ClN6O15. The molecule has 7 N–H and O–H groups in total. The molecule has 22 heteroatoms. The van der Waals surface area contributed by atoms with Crippen molar-refractivity contribution in [2.75, 3.05) is 26.7 Å². The van der Waals surface area contributed by atoms with Gasteiger partial charge in [-0.05, 0) is 159 Å². The lowest BCUT2D eigenvalue weighted by molar-refractivity contribution is -0.141. The van der Waals surface area contributed by atoms with E-state index in [2.05, 4.69) is 26.6 Å². The fourth-order valence-corrected chi connectivity index (χ4v) is 8.23. The molecule has 6 amide bonds. The molecule has 0 aliphatic carbocycles. The van der Waals surface area contributed by atoms with Crippen LogP contribution in [0.15, 0.2) is 84.9 Å². The van der Waals surface area contributed by atoms with Gasteiger partial charge in [0.15, 0.2) is 0 Å². The number of rotatable bonds is 16. The maximum atomic E-state index is 15.2. The van der Waals surface area contributed by atoms with Crippen LogP contribution in [-0.2, 0) is 39.8 Å². The molecule has 4 aromatic rings. The SMILES string of the molecule is CC1NC(=O)C(N(C)C(=O)C(CCCCNC(=O)OC(C)(C)C)NC(=O)c2ccc(-c3ccc(Cl)cc3)cc2)c2ccc(OC(=O)OC(C)(C)C)c(c2)-c2cc(ccc2OC(=O)OC(C)(C)C)CC(C(=O)NCC(O)CO)NC1=O. The second-order valence-electron chi connectivity index (χ2n) is 22.2.